The van der Waals surface area contributed by atoms with Crippen molar-refractivity contribution in [1.82, 2.24) is 67.7 Å². The number of aromatic amines is 3. The van der Waals surface area contributed by atoms with Gasteiger partial charge in [-0.2, -0.15) is 9.97 Å². The molecule has 26 atom stereocenters. The number of nitrogens with one attached hydrogen (secondary N) is 3. The number of H-pyrrole nitrogens is 3. The predicted molar refractivity (Wildman–Crippen MR) is 405 cm³/mol. The topological polar surface area (TPSA) is 617 Å². The lowest BCUT2D eigenvalue weighted by Crippen LogP contribution is -2.52. The molecule has 15 heterocycles. The summed E-state index contributed by atoms with van der Waals surface area (Å²) in [6, 6.07) is 0. The van der Waals surface area contributed by atoms with E-state index in [2.05, 4.69) is 44.9 Å². The quantitative estimate of drug-likeness (QED) is 0.0236. The number of imidazole rings is 2. The van der Waals surface area contributed by atoms with Crippen LogP contribution in [-0.4, -0.2) is 234 Å². The summed E-state index contributed by atoms with van der Waals surface area (Å²) in [5.74, 6) is -0.329. The highest BCUT2D eigenvalue weighted by Gasteiger charge is 2.72. The van der Waals surface area contributed by atoms with Gasteiger partial charge in [0.05, 0.1) is 76.2 Å². The van der Waals surface area contributed by atoms with Crippen molar-refractivity contribution in [3.8, 4) is 0 Å². The second-order valence-electron chi connectivity index (χ2n) is 27.9. The minimum Gasteiger partial charge on any atom is -0.393 e. The highest BCUT2D eigenvalue weighted by Crippen LogP contribution is 2.64. The first-order chi connectivity index (χ1) is 53.6. The molecular weight excluding hydrogens is 1720 g/mol. The van der Waals surface area contributed by atoms with Gasteiger partial charge in [-0.05, 0) is 101 Å². The Labute approximate surface area is 665 Å². The molecule has 8 aliphatic rings. The van der Waals surface area contributed by atoms with Crippen LogP contribution >= 0.6 is 33.6 Å². The Kier molecular flexibility index (Phi) is 22.7. The molecule has 8 aliphatic heterocycles. The fourth-order valence-electron chi connectivity index (χ4n) is 15.1. The summed E-state index contributed by atoms with van der Waals surface area (Å²) < 4.78 is 118. The molecular formula is C57H74N17O30P5S5. The van der Waals surface area contributed by atoms with Crippen LogP contribution < -0.4 is 50.9 Å². The summed E-state index contributed by atoms with van der Waals surface area (Å²) in [6.07, 6.45) is -16.6. The van der Waals surface area contributed by atoms with Crippen LogP contribution in [0.25, 0.3) is 22.3 Å². The largest absolute Gasteiger partial charge is 0.393 e. The van der Waals surface area contributed by atoms with Crippen LogP contribution in [0.5, 0.6) is 0 Å². The van der Waals surface area contributed by atoms with E-state index in [9.17, 15) is 58.3 Å². The SMILES string of the molecule is COP(O)(=S)OC1C[C@H](n2cnc3c(N)ncnc32)O[C@@H]1COP(O)(=S)OC1C[C@H](n2cnc3c(=O)[nH]c(N)nc32)O[C@@H]1COP(O)(=S)OC1[C@@H]2O[C@@H](C)[C@]1(COP(O)(=S)OC1[C@@H]3O[C@@H](C)[C@]1(COP(O)(=S)OC1[C@@H]4O[C@@H](C)[C@]1(CO)O[C@H]4n1cc(C)c(=O)[nH]c1=O)O[C@H]3n1cc(C)c(N)nc1=O)O[C@H]2n1cc(C)c(=O)[nH]c1=O. The Balaban J connectivity index is 0.690. The number of aliphatic hydroxyl groups is 1. The number of aromatic nitrogens is 14. The first-order valence-electron chi connectivity index (χ1n) is 34.3. The van der Waals surface area contributed by atoms with E-state index in [4.69, 9.17) is 159 Å². The maximum absolute atomic E-state index is 13.8. The molecule has 0 spiro atoms. The molecule has 114 heavy (non-hydrogen) atoms. The number of anilines is 3. The van der Waals surface area contributed by atoms with E-state index in [-0.39, 0.29) is 63.9 Å². The lowest BCUT2D eigenvalue weighted by atomic mass is 9.94. The van der Waals surface area contributed by atoms with Gasteiger partial charge in [-0.25, -0.2) is 34.3 Å². The zero-order valence-electron chi connectivity index (χ0n) is 60.2. The van der Waals surface area contributed by atoms with Gasteiger partial charge in [0.2, 0.25) is 5.95 Å². The van der Waals surface area contributed by atoms with Crippen molar-refractivity contribution in [3.63, 3.8) is 0 Å². The van der Waals surface area contributed by atoms with Gasteiger partial charge in [0.15, 0.2) is 41.3 Å². The predicted octanol–water partition coefficient (Wildman–Crippen LogP) is -1.56. The van der Waals surface area contributed by atoms with Gasteiger partial charge < -0.3 is 116 Å². The van der Waals surface area contributed by atoms with Gasteiger partial charge in [0.1, 0.15) is 95.8 Å². The molecule has 0 aromatic carbocycles. The number of hydrogen-bond donors (Lipinski definition) is 12. The number of rotatable bonds is 29. The molecule has 7 aromatic heterocycles. The summed E-state index contributed by atoms with van der Waals surface area (Å²) in [7, 11) is 1.15. The lowest BCUT2D eigenvalue weighted by molar-refractivity contribution is -0.219. The second kappa shape index (κ2) is 30.8. The van der Waals surface area contributed by atoms with Gasteiger partial charge in [-0.1, -0.05) is 0 Å². The van der Waals surface area contributed by atoms with Crippen molar-refractivity contribution in [2.75, 3.05) is 57.3 Å². The molecule has 6 bridgehead atoms. The molecule has 10 unspecified atom stereocenters. The standard InChI is InChI=1S/C57H74N17O30P5S5/c1-21-10-70(52(79)65-41(21)58)49-37-40(57(98-49,26(6)94-37)17-90-108(85,113)102-38-35-48(97-55(38,15-75)24(4)92-35)71-11-22(2)45(76)68-53(71)80)104-109(86,114)91-16-56-25(5)93-36(50(99-56)72-12-23(3)46(77)69-54(72)81)39(56)103-107(84,112)89-14-30-28(9-32(96-30)74-20-64-34-44(74)66-51(60)67-47(34)78)101-106(83,111)88-13-29-27(100-105(82,110)87-7)8-31(95-29)73-19-63-33-42(59)61-18-62-43(33)73/h10-12,18-20,24-32,35-40,48-50,75H,8-9,13-17H2,1-7H3,(H,82,110)(H,83,111)(H,84,112)(H,85,113)(H,86,114)(H2,58,65,79)(H2,59,61,62)(H,68,76,80)(H,69,77,81)(H3,60,66,67,78)/t24-,25-,26-,27?,28?,29+,30+,31+,32+,35-,36-,37-,38?,39?,40?,48+,49+,50+,55-,56-,57-,105?,106?,107?,108?,109?/m0/s1. The fourth-order valence-corrected chi connectivity index (χ4v) is 21.9. The highest BCUT2D eigenvalue weighted by molar-refractivity contribution is 8.08. The second-order valence-corrected chi connectivity index (χ2v) is 41.9. The Morgan fingerprint density at radius 3 is 1.44 bits per heavy atom. The maximum atomic E-state index is 13.8. The van der Waals surface area contributed by atoms with Crippen molar-refractivity contribution < 1.29 is 113 Å². The van der Waals surface area contributed by atoms with Gasteiger partial charge in [-0.15, -0.1) is 0 Å². The molecule has 0 radical (unpaired) electrons. The van der Waals surface area contributed by atoms with E-state index >= 15 is 0 Å². The van der Waals surface area contributed by atoms with E-state index < -0.39 is 228 Å². The first-order valence-corrected chi connectivity index (χ1v) is 47.3. The third-order valence-electron chi connectivity index (χ3n) is 20.9. The Morgan fingerprint density at radius 2 is 0.939 bits per heavy atom. The van der Waals surface area contributed by atoms with Gasteiger partial charge in [-0.3, -0.25) is 65.7 Å². The van der Waals surface area contributed by atoms with Crippen LogP contribution in [0, 0.1) is 20.8 Å². The fraction of sp³-hybridized carbons (Fsp3) is 0.614. The van der Waals surface area contributed by atoms with Crippen LogP contribution in [0.15, 0.2) is 66.3 Å². The van der Waals surface area contributed by atoms with Crippen LogP contribution in [0.4, 0.5) is 17.6 Å². The van der Waals surface area contributed by atoms with Crippen LogP contribution in [0.3, 0.4) is 0 Å². The number of hydrogen-bond acceptors (Lipinski definition) is 39. The molecule has 0 saturated carbocycles. The summed E-state index contributed by atoms with van der Waals surface area (Å²) in [4.78, 5) is 171. The number of aryl methyl sites for hydroxylation is 3. The molecule has 8 saturated heterocycles. The van der Waals surface area contributed by atoms with Crippen molar-refractivity contribution in [1.29, 1.82) is 0 Å². The Bertz CT molecular complexity index is 5630. The maximum Gasteiger partial charge on any atom is 0.351 e. The molecule has 7 aromatic rings. The third kappa shape index (κ3) is 15.4. The molecule has 57 heteroatoms. The summed E-state index contributed by atoms with van der Waals surface area (Å²) >= 11 is 28.0. The van der Waals surface area contributed by atoms with Gasteiger partial charge in [0, 0.05) is 55.2 Å². The monoisotopic (exact) mass is 1790 g/mol. The average molecular weight is 1790 g/mol. The number of nitrogen functional groups attached to an aromatic ring is 3. The minimum atomic E-state index is -4.90. The number of aliphatic hydroxyl groups excluding tert-OH is 1. The lowest BCUT2D eigenvalue weighted by Gasteiger charge is -2.38. The zero-order chi connectivity index (χ0) is 81.8. The Morgan fingerprint density at radius 1 is 0.509 bits per heavy atom. The van der Waals surface area contributed by atoms with E-state index in [1.807, 2.05) is 0 Å². The molecule has 15 N–H and O–H groups in total. The van der Waals surface area contributed by atoms with Crippen LogP contribution in [0.1, 0.15) is 81.4 Å². The number of nitrogens with zero attached hydrogens (tertiary/aromatic N) is 11. The molecule has 47 nitrogen and oxygen atoms in total. The summed E-state index contributed by atoms with van der Waals surface area (Å²) in [5.41, 5.74) is 7.92. The number of nitrogens with two attached hydrogens (primary N) is 3. The third-order valence-corrected chi connectivity index (χ3v) is 28.8. The Hall–Kier alpha value is -5.17. The summed E-state index contributed by atoms with van der Waals surface area (Å²) in [6.45, 7) is -17.8. The normalized spacial score (nSPS) is 35.0. The van der Waals surface area contributed by atoms with Crippen LogP contribution in [0.2, 0.25) is 0 Å². The van der Waals surface area contributed by atoms with Crippen molar-refractivity contribution in [3.05, 3.63) is 117 Å². The minimum absolute atomic E-state index is 0.0111. The van der Waals surface area contributed by atoms with Gasteiger partial charge >= 0.3 is 50.7 Å². The van der Waals surface area contributed by atoms with Gasteiger partial charge in [0.25, 0.3) is 16.7 Å². The van der Waals surface area contributed by atoms with E-state index in [0.29, 0.717) is 5.56 Å². The number of fused-ring (bicyclic) bond motifs is 8. The smallest absolute Gasteiger partial charge is 0.351 e. The highest BCUT2D eigenvalue weighted by atomic mass is 32.5. The van der Waals surface area contributed by atoms with Crippen molar-refractivity contribution in [2.24, 2.45) is 0 Å². The van der Waals surface area contributed by atoms with E-state index in [1.54, 1.807) is 13.8 Å². The van der Waals surface area contributed by atoms with E-state index in [0.717, 1.165) is 20.8 Å². The summed E-state index contributed by atoms with van der Waals surface area (Å²) in [5, 5.41) is 10.9. The van der Waals surface area contributed by atoms with Crippen LogP contribution in [-0.2, 0) is 142 Å². The molecule has 15 rings (SSSR count). The first kappa shape index (κ1) is 83.9. The number of ether oxygens (including phenoxy) is 8. The average Bonchev–Trinajstić information content (AvgIpc) is 1.55. The van der Waals surface area contributed by atoms with Crippen molar-refractivity contribution in [2.45, 2.75) is 182 Å². The van der Waals surface area contributed by atoms with Crippen molar-refractivity contribution >= 4 is 133 Å². The molecule has 0 aliphatic carbocycles. The molecule has 622 valence electrons. The molecule has 0 amide bonds. The zero-order valence-corrected chi connectivity index (χ0v) is 68.8. The molecule has 8 fully saturated rings. The van der Waals surface area contributed by atoms with E-state index in [1.165, 1.54) is 74.4 Å².